The zero-order chi connectivity index (χ0) is 14.2. The first kappa shape index (κ1) is 14.2. The molecule has 0 bridgehead atoms. The molecule has 2 rings (SSSR count). The number of nitrogens with zero attached hydrogens (tertiary/aromatic N) is 1. The van der Waals surface area contributed by atoms with E-state index in [1.165, 1.54) is 6.42 Å². The smallest absolute Gasteiger partial charge is 0.410 e. The molecule has 1 aliphatic heterocycles. The minimum atomic E-state index is -0.549. The average Bonchev–Trinajstić information content (AvgIpc) is 2.65. The predicted octanol–water partition coefficient (Wildman–Crippen LogP) is 1.90. The van der Waals surface area contributed by atoms with E-state index in [-0.39, 0.29) is 5.92 Å². The molecule has 1 saturated carbocycles. The number of fused-ring (bicyclic) bond motifs is 1. The Morgan fingerprint density at radius 1 is 1.21 bits per heavy atom. The van der Waals surface area contributed by atoms with Gasteiger partial charge in [-0.25, -0.2) is 4.79 Å². The summed E-state index contributed by atoms with van der Waals surface area (Å²) in [5.41, 5.74) is 4.96. The summed E-state index contributed by atoms with van der Waals surface area (Å²) in [7, 11) is 0. The second kappa shape index (κ2) is 5.02. The molecule has 2 fully saturated rings. The van der Waals surface area contributed by atoms with E-state index in [0.29, 0.717) is 12.5 Å². The summed E-state index contributed by atoms with van der Waals surface area (Å²) in [4.78, 5) is 25.5. The Balaban J connectivity index is 2.14. The Kier molecular flexibility index (Phi) is 3.74. The summed E-state index contributed by atoms with van der Waals surface area (Å²) < 4.78 is 5.39. The van der Waals surface area contributed by atoms with Crippen molar-refractivity contribution in [3.63, 3.8) is 0 Å². The topological polar surface area (TPSA) is 72.6 Å². The Hall–Kier alpha value is -1.26. The normalized spacial score (nSPS) is 30.9. The molecule has 108 valence electrons. The fraction of sp³-hybridized carbons (Fsp3) is 0.857. The SMILES string of the molecule is CC(C)(C)OC(=O)N1CC2CCCCC2C1C(N)=O. The van der Waals surface area contributed by atoms with E-state index < -0.39 is 23.6 Å². The summed E-state index contributed by atoms with van der Waals surface area (Å²) >= 11 is 0. The van der Waals surface area contributed by atoms with Gasteiger partial charge in [-0.3, -0.25) is 9.69 Å². The van der Waals surface area contributed by atoms with E-state index in [9.17, 15) is 9.59 Å². The molecule has 2 amide bonds. The number of rotatable bonds is 1. The third-order valence-electron chi connectivity index (χ3n) is 4.06. The van der Waals surface area contributed by atoms with Crippen molar-refractivity contribution in [2.75, 3.05) is 6.54 Å². The molecule has 2 N–H and O–H groups in total. The molecule has 19 heavy (non-hydrogen) atoms. The van der Waals surface area contributed by atoms with E-state index in [2.05, 4.69) is 0 Å². The lowest BCUT2D eigenvalue weighted by Crippen LogP contribution is -2.48. The van der Waals surface area contributed by atoms with Crippen LogP contribution in [-0.4, -0.2) is 35.1 Å². The molecule has 1 heterocycles. The molecular weight excluding hydrogens is 244 g/mol. The molecule has 0 aromatic rings. The Morgan fingerprint density at radius 3 is 2.42 bits per heavy atom. The quantitative estimate of drug-likeness (QED) is 0.789. The van der Waals surface area contributed by atoms with Gasteiger partial charge in [-0.1, -0.05) is 12.8 Å². The lowest BCUT2D eigenvalue weighted by atomic mass is 9.78. The molecule has 1 aliphatic carbocycles. The molecule has 0 radical (unpaired) electrons. The number of amides is 2. The van der Waals surface area contributed by atoms with Gasteiger partial charge in [0.2, 0.25) is 5.91 Å². The van der Waals surface area contributed by atoms with Crippen LogP contribution in [-0.2, 0) is 9.53 Å². The van der Waals surface area contributed by atoms with Crippen molar-refractivity contribution < 1.29 is 14.3 Å². The molecular formula is C14H24N2O3. The molecule has 2 aliphatic rings. The lowest BCUT2D eigenvalue weighted by Gasteiger charge is -2.29. The minimum absolute atomic E-state index is 0.221. The van der Waals surface area contributed by atoms with Crippen LogP contribution in [0.3, 0.4) is 0 Å². The maximum absolute atomic E-state index is 12.2. The van der Waals surface area contributed by atoms with Crippen LogP contribution in [0, 0.1) is 11.8 Å². The molecule has 3 atom stereocenters. The average molecular weight is 268 g/mol. The third-order valence-corrected chi connectivity index (χ3v) is 4.06. The highest BCUT2D eigenvalue weighted by Gasteiger charge is 2.48. The first-order valence-corrected chi connectivity index (χ1v) is 7.08. The van der Waals surface area contributed by atoms with E-state index in [1.54, 1.807) is 4.90 Å². The molecule has 1 saturated heterocycles. The molecule has 3 unspecified atom stereocenters. The zero-order valence-corrected chi connectivity index (χ0v) is 12.0. The summed E-state index contributed by atoms with van der Waals surface area (Å²) in [5, 5.41) is 0. The summed E-state index contributed by atoms with van der Waals surface area (Å²) in [6, 6.07) is -0.486. The van der Waals surface area contributed by atoms with E-state index >= 15 is 0 Å². The van der Waals surface area contributed by atoms with E-state index in [0.717, 1.165) is 19.3 Å². The van der Waals surface area contributed by atoms with Gasteiger partial charge in [0.25, 0.3) is 0 Å². The fourth-order valence-electron chi connectivity index (χ4n) is 3.35. The van der Waals surface area contributed by atoms with Gasteiger partial charge in [-0.05, 0) is 45.4 Å². The van der Waals surface area contributed by atoms with Crippen molar-refractivity contribution >= 4 is 12.0 Å². The molecule has 0 aromatic heterocycles. The number of primary amides is 1. The van der Waals surface area contributed by atoms with Crippen LogP contribution in [0.1, 0.15) is 46.5 Å². The van der Waals surface area contributed by atoms with Crippen molar-refractivity contribution in [1.82, 2.24) is 4.90 Å². The second-order valence-electron chi connectivity index (χ2n) is 6.69. The fourth-order valence-corrected chi connectivity index (χ4v) is 3.35. The van der Waals surface area contributed by atoms with E-state index in [4.69, 9.17) is 10.5 Å². The Morgan fingerprint density at radius 2 is 1.84 bits per heavy atom. The van der Waals surface area contributed by atoms with Crippen molar-refractivity contribution in [3.05, 3.63) is 0 Å². The van der Waals surface area contributed by atoms with Crippen LogP contribution in [0.2, 0.25) is 0 Å². The van der Waals surface area contributed by atoms with Crippen LogP contribution < -0.4 is 5.73 Å². The summed E-state index contributed by atoms with van der Waals surface area (Å²) in [6.07, 6.45) is 3.94. The van der Waals surface area contributed by atoms with Crippen molar-refractivity contribution in [3.8, 4) is 0 Å². The highest BCUT2D eigenvalue weighted by atomic mass is 16.6. The lowest BCUT2D eigenvalue weighted by molar-refractivity contribution is -0.123. The zero-order valence-electron chi connectivity index (χ0n) is 12.0. The monoisotopic (exact) mass is 268 g/mol. The van der Waals surface area contributed by atoms with Crippen molar-refractivity contribution in [1.29, 1.82) is 0 Å². The maximum atomic E-state index is 12.2. The maximum Gasteiger partial charge on any atom is 0.410 e. The van der Waals surface area contributed by atoms with Crippen LogP contribution in [0.25, 0.3) is 0 Å². The number of nitrogens with two attached hydrogens (primary N) is 1. The molecule has 0 spiro atoms. The van der Waals surface area contributed by atoms with Gasteiger partial charge in [0.05, 0.1) is 0 Å². The molecule has 0 aromatic carbocycles. The third kappa shape index (κ3) is 3.01. The Labute approximate surface area is 114 Å². The van der Waals surface area contributed by atoms with Crippen LogP contribution in [0.15, 0.2) is 0 Å². The highest BCUT2D eigenvalue weighted by Crippen LogP contribution is 2.40. The standard InChI is InChI=1S/C14H24N2O3/c1-14(2,3)19-13(18)16-8-9-6-4-5-7-10(9)11(16)12(15)17/h9-11H,4-8H2,1-3H3,(H2,15,17). The number of hydrogen-bond donors (Lipinski definition) is 1. The van der Waals surface area contributed by atoms with Gasteiger partial charge in [-0.2, -0.15) is 0 Å². The van der Waals surface area contributed by atoms with Crippen molar-refractivity contribution in [2.24, 2.45) is 17.6 Å². The Bertz CT molecular complexity index is 375. The van der Waals surface area contributed by atoms with Crippen molar-refractivity contribution in [2.45, 2.75) is 58.1 Å². The van der Waals surface area contributed by atoms with Gasteiger partial charge >= 0.3 is 6.09 Å². The molecule has 5 heteroatoms. The van der Waals surface area contributed by atoms with Crippen LogP contribution >= 0.6 is 0 Å². The highest BCUT2D eigenvalue weighted by molar-refractivity contribution is 5.85. The van der Waals surface area contributed by atoms with Gasteiger partial charge in [0.1, 0.15) is 11.6 Å². The first-order chi connectivity index (χ1) is 8.79. The van der Waals surface area contributed by atoms with Gasteiger partial charge in [0, 0.05) is 6.54 Å². The van der Waals surface area contributed by atoms with Crippen LogP contribution in [0.5, 0.6) is 0 Å². The molecule has 5 nitrogen and oxygen atoms in total. The predicted molar refractivity (Wildman–Crippen MR) is 71.4 cm³/mol. The van der Waals surface area contributed by atoms with Gasteiger partial charge < -0.3 is 10.5 Å². The number of likely N-dealkylation sites (tertiary alicyclic amines) is 1. The minimum Gasteiger partial charge on any atom is -0.444 e. The first-order valence-electron chi connectivity index (χ1n) is 7.08. The number of carbonyl (C=O) groups excluding carboxylic acids is 2. The largest absolute Gasteiger partial charge is 0.444 e. The van der Waals surface area contributed by atoms with E-state index in [1.807, 2.05) is 20.8 Å². The van der Waals surface area contributed by atoms with Crippen LogP contribution in [0.4, 0.5) is 4.79 Å². The number of ether oxygens (including phenoxy) is 1. The number of carbonyl (C=O) groups is 2. The summed E-state index contributed by atoms with van der Waals surface area (Å²) in [5.74, 6) is 0.220. The second-order valence-corrected chi connectivity index (χ2v) is 6.69. The van der Waals surface area contributed by atoms with Gasteiger partial charge in [0.15, 0.2) is 0 Å². The summed E-state index contributed by atoms with van der Waals surface area (Å²) in [6.45, 7) is 6.08. The number of hydrogen-bond acceptors (Lipinski definition) is 3. The van der Waals surface area contributed by atoms with Gasteiger partial charge in [-0.15, -0.1) is 0 Å².